The zero-order chi connectivity index (χ0) is 54.3. The van der Waals surface area contributed by atoms with Gasteiger partial charge in [-0.2, -0.15) is 0 Å². The number of nitrogens with zero attached hydrogens (tertiary/aromatic N) is 6. The molecule has 0 saturated carbocycles. The molecule has 1 spiro atoms. The number of Topliss-reactive ketones (excluding diaryl/α,β-unsaturated/α-hetero) is 1. The number of piperazine rings is 1. The Morgan fingerprint density at radius 3 is 2.24 bits per heavy atom. The number of aromatic hydroxyl groups is 2. The standard InChI is InChI=1S/C56H73N7O12/c1-30(2)29-61-21-18-56(19-22-61)59-44-41-42-49(68)36(8)52-43(41)53(70)55(9,75-52)73-27-17-37(72-10)33(5)51(74-40(65)28-39(64)63-25-23-62(24-26-63)38-16-11-12-20-57-38)35(7)48(67)34(6)47(66)31(3)14-13-15-32(4)54(71)58-46(50(42)69)45(44)60-56/h11-17,20,27,30-31,33-35,37,47-48,51,66-69H,18-19,21-26,28-29H2,1-10H3,(H,58,71)/b14-13+,27-17+,32-15-/t31-,33+,34+,35+,37-,47-,48+,51+,55?/m0/s1. The van der Waals surface area contributed by atoms with Gasteiger partial charge in [0.25, 0.3) is 11.7 Å². The van der Waals surface area contributed by atoms with Gasteiger partial charge in [0.05, 0.1) is 40.9 Å². The van der Waals surface area contributed by atoms with Crippen LogP contribution in [0.15, 0.2) is 70.5 Å². The first-order valence-corrected chi connectivity index (χ1v) is 26.1. The Labute approximate surface area is 437 Å². The Morgan fingerprint density at radius 2 is 1.59 bits per heavy atom. The SMILES string of the molecule is CO[C@H]1/C=C/OC2(C)Oc3c(C)c(O)c4c(O)c(c5c(c4c3C2=O)=NC2(CCN(CC(C)C)CC2)N=5)NC(=O)/C(C)=C\C=C\[C@H](C)[C@H](O)[C@@H](C)[C@@H](O)[C@@H](C)[C@H](OC(=O)CC(=O)N2CCN(c3ccccn3)CC2)[C@@H]1C. The van der Waals surface area contributed by atoms with Crippen molar-refractivity contribution in [3.8, 4) is 17.2 Å². The van der Waals surface area contributed by atoms with Gasteiger partial charge in [0, 0.05) is 119 Å². The Morgan fingerprint density at radius 1 is 0.893 bits per heavy atom. The third kappa shape index (κ3) is 10.9. The first-order valence-electron chi connectivity index (χ1n) is 26.1. The lowest BCUT2D eigenvalue weighted by molar-refractivity contribution is -0.165. The van der Waals surface area contributed by atoms with Crippen molar-refractivity contribution >= 4 is 45.8 Å². The second-order valence-corrected chi connectivity index (χ2v) is 21.6. The number of aliphatic hydroxyl groups is 2. The van der Waals surface area contributed by atoms with E-state index >= 15 is 0 Å². The highest BCUT2D eigenvalue weighted by Crippen LogP contribution is 2.50. The molecule has 19 nitrogen and oxygen atoms in total. The average molecular weight is 1040 g/mol. The summed E-state index contributed by atoms with van der Waals surface area (Å²) >= 11 is 0. The molecule has 9 atom stereocenters. The second kappa shape index (κ2) is 22.0. The van der Waals surface area contributed by atoms with Gasteiger partial charge < -0.3 is 59.4 Å². The summed E-state index contributed by atoms with van der Waals surface area (Å²) < 4.78 is 24.7. The smallest absolute Gasteiger partial charge is 0.315 e. The monoisotopic (exact) mass is 1040 g/mol. The number of aromatic nitrogens is 1. The number of rotatable bonds is 7. The van der Waals surface area contributed by atoms with Crippen LogP contribution in [0.3, 0.4) is 0 Å². The minimum absolute atomic E-state index is 0.00560. The van der Waals surface area contributed by atoms with Gasteiger partial charge in [-0.25, -0.2) is 4.98 Å². The van der Waals surface area contributed by atoms with E-state index in [9.17, 15) is 39.6 Å². The number of ether oxygens (including phenoxy) is 4. The van der Waals surface area contributed by atoms with Gasteiger partial charge >= 0.3 is 11.8 Å². The average Bonchev–Trinajstić information content (AvgIpc) is 3.95. The van der Waals surface area contributed by atoms with Gasteiger partial charge in [-0.3, -0.25) is 29.2 Å². The molecule has 3 aromatic rings. The number of benzene rings is 2. The number of anilines is 2. The van der Waals surface area contributed by atoms with E-state index < -0.39 is 101 Å². The van der Waals surface area contributed by atoms with Crippen LogP contribution in [0.1, 0.15) is 90.6 Å². The molecule has 5 N–H and O–H groups in total. The van der Waals surface area contributed by atoms with E-state index in [0.717, 1.165) is 12.4 Å². The zero-order valence-corrected chi connectivity index (χ0v) is 44.7. The molecule has 2 fully saturated rings. The molecule has 0 aliphatic carbocycles. The number of allylic oxidation sites excluding steroid dienone is 2. The number of likely N-dealkylation sites (tertiary alicyclic amines) is 1. The molecule has 7 heterocycles. The van der Waals surface area contributed by atoms with Crippen LogP contribution in [0.5, 0.6) is 17.2 Å². The van der Waals surface area contributed by atoms with E-state index in [4.69, 9.17) is 28.9 Å². The van der Waals surface area contributed by atoms with Crippen LogP contribution in [0.4, 0.5) is 11.5 Å². The molecule has 2 aromatic carbocycles. The van der Waals surface area contributed by atoms with E-state index in [1.165, 1.54) is 26.4 Å². The number of carbonyl (C=O) groups is 4. The number of ketones is 1. The number of hydrogen-bond donors (Lipinski definition) is 5. The molecule has 1 unspecified atom stereocenters. The summed E-state index contributed by atoms with van der Waals surface area (Å²) in [4.78, 5) is 77.3. The van der Waals surface area contributed by atoms with E-state index in [0.29, 0.717) is 58.0 Å². The summed E-state index contributed by atoms with van der Waals surface area (Å²) in [5.74, 6) is -7.03. The third-order valence-electron chi connectivity index (χ3n) is 15.8. The van der Waals surface area contributed by atoms with Crippen LogP contribution in [-0.4, -0.2) is 148 Å². The molecule has 9 rings (SSSR count). The maximum atomic E-state index is 15.0. The van der Waals surface area contributed by atoms with Crippen molar-refractivity contribution in [2.75, 3.05) is 63.1 Å². The summed E-state index contributed by atoms with van der Waals surface area (Å²) in [6.07, 6.45) is 5.48. The van der Waals surface area contributed by atoms with Crippen molar-refractivity contribution in [1.82, 2.24) is 14.8 Å². The Bertz CT molecular complexity index is 2910. The van der Waals surface area contributed by atoms with E-state index in [1.807, 2.05) is 18.2 Å². The number of hydrogen-bond acceptors (Lipinski definition) is 17. The molecule has 2 amide bonds. The summed E-state index contributed by atoms with van der Waals surface area (Å²) in [5, 5.41) is 51.1. The topological polar surface area (TPSA) is 245 Å². The van der Waals surface area contributed by atoms with Gasteiger partial charge in [-0.15, -0.1) is 0 Å². The largest absolute Gasteiger partial charge is 0.507 e. The Balaban J connectivity index is 1.15. The first-order chi connectivity index (χ1) is 35.6. The number of methoxy groups -OCH3 is 1. The predicted molar refractivity (Wildman–Crippen MR) is 280 cm³/mol. The second-order valence-electron chi connectivity index (χ2n) is 21.6. The van der Waals surface area contributed by atoms with Crippen LogP contribution < -0.4 is 25.7 Å². The van der Waals surface area contributed by atoms with Crippen molar-refractivity contribution < 1.29 is 58.6 Å². The number of phenolic OH excluding ortho intramolecular Hbond substituents is 2. The number of fused-ring (bicyclic) bond motifs is 13. The van der Waals surface area contributed by atoms with Gasteiger partial charge in [0.15, 0.2) is 11.4 Å². The predicted octanol–water partition coefficient (Wildman–Crippen LogP) is 4.86. The minimum atomic E-state index is -2.03. The maximum absolute atomic E-state index is 15.0. The normalized spacial score (nSPS) is 30.0. The van der Waals surface area contributed by atoms with Crippen molar-refractivity contribution in [3.63, 3.8) is 0 Å². The Hall–Kier alpha value is -6.41. The van der Waals surface area contributed by atoms with E-state index in [-0.39, 0.29) is 49.6 Å². The lowest BCUT2D eigenvalue weighted by atomic mass is 9.78. The molecule has 6 aliphatic heterocycles. The van der Waals surface area contributed by atoms with Gasteiger partial charge in [-0.1, -0.05) is 65.8 Å². The quantitative estimate of drug-likeness (QED) is 0.121. The fourth-order valence-electron chi connectivity index (χ4n) is 11.2. The first kappa shape index (κ1) is 54.8. The molecule has 0 radical (unpaired) electrons. The fraction of sp³-hybridized carbons (Fsp3) is 0.554. The Kier molecular flexibility index (Phi) is 16.1. The molecular weight excluding hydrogens is 963 g/mol. The highest BCUT2D eigenvalue weighted by molar-refractivity contribution is 6.19. The summed E-state index contributed by atoms with van der Waals surface area (Å²) in [7, 11) is 1.44. The molecule has 19 heteroatoms. The number of pyridine rings is 1. The number of esters is 1. The number of aliphatic hydroxyl groups excluding tert-OH is 2. The lowest BCUT2D eigenvalue weighted by Gasteiger charge is -2.38. The molecular formula is C56H73N7O12. The molecule has 2 saturated heterocycles. The number of carbonyl (C=O) groups excluding carboxylic acids is 4. The van der Waals surface area contributed by atoms with E-state index in [1.54, 1.807) is 70.9 Å². The number of nitrogens with one attached hydrogen (secondary N) is 1. The van der Waals surface area contributed by atoms with Crippen LogP contribution in [-0.2, 0) is 28.6 Å². The van der Waals surface area contributed by atoms with Crippen molar-refractivity contribution in [2.24, 2.45) is 39.6 Å². The number of amides is 2. The third-order valence-corrected chi connectivity index (χ3v) is 15.8. The zero-order valence-electron chi connectivity index (χ0n) is 44.7. The highest BCUT2D eigenvalue weighted by Gasteiger charge is 2.50. The van der Waals surface area contributed by atoms with Crippen molar-refractivity contribution in [1.29, 1.82) is 0 Å². The minimum Gasteiger partial charge on any atom is -0.507 e. The molecule has 404 valence electrons. The van der Waals surface area contributed by atoms with Gasteiger partial charge in [0.1, 0.15) is 40.9 Å². The summed E-state index contributed by atoms with van der Waals surface area (Å²) in [6.45, 7) is 19.8. The maximum Gasteiger partial charge on any atom is 0.315 e. The molecule has 75 heavy (non-hydrogen) atoms. The number of piperidine rings is 1. The van der Waals surface area contributed by atoms with Crippen LogP contribution >= 0.6 is 0 Å². The molecule has 5 bridgehead atoms. The van der Waals surface area contributed by atoms with Gasteiger partial charge in [-0.05, 0) is 38.0 Å². The van der Waals surface area contributed by atoms with E-state index in [2.05, 4.69) is 33.9 Å². The lowest BCUT2D eigenvalue weighted by Crippen LogP contribution is -2.50. The van der Waals surface area contributed by atoms with Crippen LogP contribution in [0.2, 0.25) is 0 Å². The van der Waals surface area contributed by atoms with Crippen LogP contribution in [0, 0.1) is 36.5 Å². The highest BCUT2D eigenvalue weighted by atomic mass is 16.7. The fourth-order valence-corrected chi connectivity index (χ4v) is 11.2. The van der Waals surface area contributed by atoms with Gasteiger partial charge in [0.2, 0.25) is 5.91 Å². The molecule has 6 aliphatic rings. The van der Waals surface area contributed by atoms with Crippen LogP contribution in [0.25, 0.3) is 10.8 Å². The molecule has 1 aromatic heterocycles. The van der Waals surface area contributed by atoms with Crippen molar-refractivity contribution in [3.05, 3.63) is 82.4 Å². The summed E-state index contributed by atoms with van der Waals surface area (Å²) in [5.41, 5.74) is -0.710. The van der Waals surface area contributed by atoms with Crippen molar-refractivity contribution in [2.45, 2.75) is 117 Å². The summed E-state index contributed by atoms with van der Waals surface area (Å²) in [6, 6.07) is 5.63. The number of phenols is 2.